The Bertz CT molecular complexity index is 583. The Morgan fingerprint density at radius 2 is 2.24 bits per heavy atom. The average Bonchev–Trinajstić information content (AvgIpc) is 2.38. The van der Waals surface area contributed by atoms with Gasteiger partial charge in [-0.1, -0.05) is 24.6 Å². The minimum atomic E-state index is -0.699. The van der Waals surface area contributed by atoms with Crippen LogP contribution in [0, 0.1) is 11.8 Å². The molecule has 1 N–H and O–H groups in total. The summed E-state index contributed by atoms with van der Waals surface area (Å²) in [5, 5.41) is 3.80. The lowest BCUT2D eigenvalue weighted by atomic mass is 9.82. The average molecular weight is 308 g/mol. The molecule has 1 aromatic rings. The van der Waals surface area contributed by atoms with E-state index >= 15 is 0 Å². The van der Waals surface area contributed by atoms with Crippen molar-refractivity contribution in [3.05, 3.63) is 41.1 Å². The molecular formula is C16H18ClNO3. The van der Waals surface area contributed by atoms with Gasteiger partial charge in [0.15, 0.2) is 5.78 Å². The number of carbonyl (C=O) groups is 2. The number of allylic oxidation sites excluding steroid dienone is 2. The van der Waals surface area contributed by atoms with Crippen LogP contribution in [0.1, 0.15) is 20.3 Å². The van der Waals surface area contributed by atoms with Crippen molar-refractivity contribution in [2.24, 2.45) is 11.8 Å². The van der Waals surface area contributed by atoms with Gasteiger partial charge in [-0.15, -0.1) is 0 Å². The number of halogens is 1. The number of anilines is 1. The molecule has 2 atom stereocenters. The molecule has 2 rings (SSSR count). The molecule has 1 aliphatic rings. The monoisotopic (exact) mass is 307 g/mol. The molecule has 21 heavy (non-hydrogen) atoms. The first-order valence-electron chi connectivity index (χ1n) is 6.95. The number of carbonyl (C=O) groups excluding carboxylic acids is 2. The third-order valence-electron chi connectivity index (χ3n) is 3.40. The van der Waals surface area contributed by atoms with Gasteiger partial charge in [-0.05, 0) is 37.5 Å². The molecule has 0 spiro atoms. The van der Waals surface area contributed by atoms with Gasteiger partial charge in [-0.25, -0.2) is 0 Å². The van der Waals surface area contributed by atoms with E-state index in [1.807, 2.05) is 19.1 Å². The van der Waals surface area contributed by atoms with Crippen LogP contribution in [0.4, 0.5) is 5.69 Å². The van der Waals surface area contributed by atoms with Gasteiger partial charge in [0.2, 0.25) is 0 Å². The first-order valence-corrected chi connectivity index (χ1v) is 7.32. The number of esters is 1. The maximum Gasteiger partial charge on any atom is 0.317 e. The van der Waals surface area contributed by atoms with Crippen LogP contribution in [0.3, 0.4) is 0 Å². The summed E-state index contributed by atoms with van der Waals surface area (Å²) in [5.74, 6) is -1.44. The van der Waals surface area contributed by atoms with E-state index in [2.05, 4.69) is 5.32 Å². The van der Waals surface area contributed by atoms with Crippen molar-refractivity contribution in [3.8, 4) is 0 Å². The fourth-order valence-electron chi connectivity index (χ4n) is 2.48. The van der Waals surface area contributed by atoms with Gasteiger partial charge in [0.05, 0.1) is 6.61 Å². The van der Waals surface area contributed by atoms with Gasteiger partial charge in [0.25, 0.3) is 0 Å². The van der Waals surface area contributed by atoms with Crippen molar-refractivity contribution < 1.29 is 14.3 Å². The van der Waals surface area contributed by atoms with Gasteiger partial charge < -0.3 is 10.1 Å². The van der Waals surface area contributed by atoms with Crippen molar-refractivity contribution in [3.63, 3.8) is 0 Å². The van der Waals surface area contributed by atoms with Crippen molar-refractivity contribution in [2.75, 3.05) is 11.9 Å². The Balaban J connectivity index is 2.12. The fourth-order valence-corrected chi connectivity index (χ4v) is 2.68. The molecule has 1 aliphatic carbocycles. The van der Waals surface area contributed by atoms with Gasteiger partial charge >= 0.3 is 5.97 Å². The van der Waals surface area contributed by atoms with Crippen LogP contribution < -0.4 is 5.32 Å². The predicted octanol–water partition coefficient (Wildman–Crippen LogP) is 3.42. The quantitative estimate of drug-likeness (QED) is 0.684. The Morgan fingerprint density at radius 1 is 1.48 bits per heavy atom. The maximum absolute atomic E-state index is 12.1. The Labute approximate surface area is 129 Å². The molecule has 0 saturated heterocycles. The summed E-state index contributed by atoms with van der Waals surface area (Å²) in [4.78, 5) is 24.0. The predicted molar refractivity (Wildman–Crippen MR) is 82.1 cm³/mol. The van der Waals surface area contributed by atoms with E-state index in [1.54, 1.807) is 19.1 Å². The third kappa shape index (κ3) is 3.85. The second-order valence-corrected chi connectivity index (χ2v) is 5.55. The number of hydrogen-bond donors (Lipinski definition) is 1. The lowest BCUT2D eigenvalue weighted by Gasteiger charge is -2.26. The number of nitrogens with one attached hydrogen (secondary N) is 1. The molecule has 5 heteroatoms. The summed E-state index contributed by atoms with van der Waals surface area (Å²) in [5.41, 5.74) is 1.61. The van der Waals surface area contributed by atoms with Crippen molar-refractivity contribution in [2.45, 2.75) is 20.3 Å². The van der Waals surface area contributed by atoms with E-state index in [1.165, 1.54) is 6.08 Å². The van der Waals surface area contributed by atoms with Crippen molar-refractivity contribution in [1.29, 1.82) is 0 Å². The van der Waals surface area contributed by atoms with E-state index in [0.717, 1.165) is 11.4 Å². The molecule has 4 nitrogen and oxygen atoms in total. The SMILES string of the molecule is CCOC(=O)C1C(=O)C=C(Nc2cccc(Cl)c2)CC1C. The molecule has 0 heterocycles. The maximum atomic E-state index is 12.1. The van der Waals surface area contributed by atoms with Crippen LogP contribution in [0.25, 0.3) is 0 Å². The van der Waals surface area contributed by atoms with Crippen LogP contribution in [-0.2, 0) is 14.3 Å². The second-order valence-electron chi connectivity index (χ2n) is 5.12. The molecule has 0 amide bonds. The van der Waals surface area contributed by atoms with Gasteiger partial charge in [0, 0.05) is 22.5 Å². The molecule has 0 fully saturated rings. The highest BCUT2D eigenvalue weighted by Gasteiger charge is 2.36. The lowest BCUT2D eigenvalue weighted by molar-refractivity contribution is -0.152. The fraction of sp³-hybridized carbons (Fsp3) is 0.375. The smallest absolute Gasteiger partial charge is 0.317 e. The van der Waals surface area contributed by atoms with Gasteiger partial charge in [-0.3, -0.25) is 9.59 Å². The summed E-state index contributed by atoms with van der Waals surface area (Å²) in [6.07, 6.45) is 2.10. The first-order chi connectivity index (χ1) is 10.0. The normalized spacial score (nSPS) is 21.7. The van der Waals surface area contributed by atoms with E-state index in [0.29, 0.717) is 11.4 Å². The number of ketones is 1. The minimum absolute atomic E-state index is 0.0942. The molecule has 0 radical (unpaired) electrons. The topological polar surface area (TPSA) is 55.4 Å². The van der Waals surface area contributed by atoms with Crippen molar-refractivity contribution in [1.82, 2.24) is 0 Å². The molecule has 0 saturated carbocycles. The van der Waals surface area contributed by atoms with E-state index in [9.17, 15) is 9.59 Å². The Kier molecular flexibility index (Phi) is 5.02. The van der Waals surface area contributed by atoms with Gasteiger partial charge in [0.1, 0.15) is 5.92 Å². The van der Waals surface area contributed by atoms with Crippen LogP contribution >= 0.6 is 11.6 Å². The summed E-state index contributed by atoms with van der Waals surface area (Å²) >= 11 is 5.93. The highest BCUT2D eigenvalue weighted by Crippen LogP contribution is 2.29. The first kappa shape index (κ1) is 15.6. The molecule has 2 unspecified atom stereocenters. The molecule has 0 aromatic heterocycles. The largest absolute Gasteiger partial charge is 0.465 e. The Hall–Kier alpha value is -1.81. The zero-order valence-electron chi connectivity index (χ0n) is 12.1. The van der Waals surface area contributed by atoms with E-state index in [-0.39, 0.29) is 18.3 Å². The minimum Gasteiger partial charge on any atom is -0.465 e. The zero-order valence-corrected chi connectivity index (χ0v) is 12.8. The standard InChI is InChI=1S/C16H18ClNO3/c1-3-21-16(20)15-10(2)7-13(9-14(15)19)18-12-6-4-5-11(17)8-12/h4-6,8-10,15,18H,3,7H2,1-2H3. The molecule has 0 aliphatic heterocycles. The summed E-state index contributed by atoms with van der Waals surface area (Å²) in [6, 6.07) is 7.28. The van der Waals surface area contributed by atoms with Crippen LogP contribution in [0.15, 0.2) is 36.0 Å². The summed E-state index contributed by atoms with van der Waals surface area (Å²) < 4.78 is 4.96. The number of ether oxygens (including phenoxy) is 1. The summed E-state index contributed by atoms with van der Waals surface area (Å²) in [7, 11) is 0. The third-order valence-corrected chi connectivity index (χ3v) is 3.64. The van der Waals surface area contributed by atoms with Crippen LogP contribution in [0.5, 0.6) is 0 Å². The number of rotatable bonds is 4. The lowest BCUT2D eigenvalue weighted by Crippen LogP contribution is -2.34. The molecular weight excluding hydrogens is 290 g/mol. The van der Waals surface area contributed by atoms with E-state index in [4.69, 9.17) is 16.3 Å². The number of hydrogen-bond acceptors (Lipinski definition) is 4. The zero-order chi connectivity index (χ0) is 15.4. The van der Waals surface area contributed by atoms with Crippen molar-refractivity contribution >= 4 is 29.0 Å². The molecule has 112 valence electrons. The summed E-state index contributed by atoms with van der Waals surface area (Å²) in [6.45, 7) is 3.90. The van der Waals surface area contributed by atoms with Crippen LogP contribution in [-0.4, -0.2) is 18.4 Å². The Morgan fingerprint density at radius 3 is 2.86 bits per heavy atom. The molecule has 1 aromatic carbocycles. The molecule has 0 bridgehead atoms. The number of benzene rings is 1. The van der Waals surface area contributed by atoms with Gasteiger partial charge in [-0.2, -0.15) is 0 Å². The van der Waals surface area contributed by atoms with Crippen LogP contribution in [0.2, 0.25) is 5.02 Å². The van der Waals surface area contributed by atoms with E-state index < -0.39 is 11.9 Å². The highest BCUT2D eigenvalue weighted by atomic mass is 35.5. The second kappa shape index (κ2) is 6.76. The highest BCUT2D eigenvalue weighted by molar-refractivity contribution is 6.30.